The number of hydrogen-bond acceptors (Lipinski definition) is 5. The van der Waals surface area contributed by atoms with Crippen molar-refractivity contribution >= 4 is 11.7 Å². The summed E-state index contributed by atoms with van der Waals surface area (Å²) in [6.07, 6.45) is 0.00630. The number of nitrogens with zero attached hydrogens (tertiary/aromatic N) is 2. The van der Waals surface area contributed by atoms with Crippen molar-refractivity contribution in [2.24, 2.45) is 0 Å². The lowest BCUT2D eigenvalue weighted by atomic mass is 10.0. The molecule has 0 aromatic heterocycles. The van der Waals surface area contributed by atoms with Crippen LogP contribution in [0, 0.1) is 28.4 Å². The second kappa shape index (κ2) is 5.77. The zero-order valence-electron chi connectivity index (χ0n) is 10.1. The maximum atomic E-state index is 11.3. The minimum Gasteiger partial charge on any atom is -0.466 e. The first-order valence-corrected chi connectivity index (χ1v) is 5.33. The van der Waals surface area contributed by atoms with E-state index >= 15 is 0 Å². The topological polar surface area (TPSA) is 93.2 Å². The van der Waals surface area contributed by atoms with Gasteiger partial charge in [-0.25, -0.2) is 0 Å². The first-order chi connectivity index (χ1) is 8.49. The summed E-state index contributed by atoms with van der Waals surface area (Å²) in [4.78, 5) is 21.5. The second-order valence-corrected chi connectivity index (χ2v) is 3.65. The van der Waals surface area contributed by atoms with Crippen molar-refractivity contribution in [3.8, 4) is 6.07 Å². The number of hydrogen-bond donors (Lipinski definition) is 0. The molecule has 94 valence electrons. The standard InChI is InChI=1S/C12H12N2O4/c1-3-18-12(15)6-9-5-10(7-13)11(14(16)17)4-8(9)2/h4-5H,3,6H2,1-2H3. The number of rotatable bonds is 4. The maximum Gasteiger partial charge on any atom is 0.310 e. The van der Waals surface area contributed by atoms with Gasteiger partial charge in [0.2, 0.25) is 0 Å². The van der Waals surface area contributed by atoms with Crippen LogP contribution in [0.5, 0.6) is 0 Å². The lowest BCUT2D eigenvalue weighted by molar-refractivity contribution is -0.385. The van der Waals surface area contributed by atoms with Crippen LogP contribution in [0.1, 0.15) is 23.6 Å². The Morgan fingerprint density at radius 2 is 2.22 bits per heavy atom. The third kappa shape index (κ3) is 3.04. The molecule has 1 aromatic carbocycles. The Balaban J connectivity index is 3.13. The van der Waals surface area contributed by atoms with Crippen LogP contribution in [0.3, 0.4) is 0 Å². The van der Waals surface area contributed by atoms with Gasteiger partial charge in [-0.1, -0.05) is 0 Å². The Morgan fingerprint density at radius 3 is 2.72 bits per heavy atom. The van der Waals surface area contributed by atoms with Crippen molar-refractivity contribution in [3.63, 3.8) is 0 Å². The summed E-state index contributed by atoms with van der Waals surface area (Å²) < 4.78 is 4.80. The Bertz CT molecular complexity index is 532. The van der Waals surface area contributed by atoms with E-state index in [0.29, 0.717) is 11.1 Å². The molecule has 0 atom stereocenters. The summed E-state index contributed by atoms with van der Waals surface area (Å²) in [6.45, 7) is 3.62. The molecule has 6 nitrogen and oxygen atoms in total. The number of aryl methyl sites for hydroxylation is 1. The van der Waals surface area contributed by atoms with Gasteiger partial charge in [-0.15, -0.1) is 0 Å². The number of ether oxygens (including phenoxy) is 1. The number of carbonyl (C=O) groups is 1. The van der Waals surface area contributed by atoms with Gasteiger partial charge in [-0.2, -0.15) is 5.26 Å². The van der Waals surface area contributed by atoms with Crippen molar-refractivity contribution < 1.29 is 14.5 Å². The van der Waals surface area contributed by atoms with Crippen LogP contribution in [0.2, 0.25) is 0 Å². The Hall–Kier alpha value is -2.42. The maximum absolute atomic E-state index is 11.3. The van der Waals surface area contributed by atoms with E-state index in [1.54, 1.807) is 19.9 Å². The monoisotopic (exact) mass is 248 g/mol. The van der Waals surface area contributed by atoms with E-state index in [-0.39, 0.29) is 24.3 Å². The fraction of sp³-hybridized carbons (Fsp3) is 0.333. The Labute approximate surface area is 104 Å². The van der Waals surface area contributed by atoms with E-state index in [1.165, 1.54) is 12.1 Å². The summed E-state index contributed by atoms with van der Waals surface area (Å²) >= 11 is 0. The van der Waals surface area contributed by atoms with Crippen LogP contribution in [0.4, 0.5) is 5.69 Å². The van der Waals surface area contributed by atoms with Gasteiger partial charge < -0.3 is 4.74 Å². The van der Waals surface area contributed by atoms with Crippen LogP contribution in [-0.4, -0.2) is 17.5 Å². The molecule has 0 saturated heterocycles. The lowest BCUT2D eigenvalue weighted by Gasteiger charge is -2.06. The molecule has 0 aliphatic rings. The van der Waals surface area contributed by atoms with Crippen molar-refractivity contribution in [2.45, 2.75) is 20.3 Å². The molecule has 0 radical (unpaired) electrons. The van der Waals surface area contributed by atoms with Gasteiger partial charge >= 0.3 is 5.97 Å². The van der Waals surface area contributed by atoms with Crippen LogP contribution in [-0.2, 0) is 16.0 Å². The Kier molecular flexibility index (Phi) is 4.38. The number of esters is 1. The molecule has 0 amide bonds. The van der Waals surface area contributed by atoms with Crippen LogP contribution < -0.4 is 0 Å². The summed E-state index contributed by atoms with van der Waals surface area (Å²) in [7, 11) is 0. The molecule has 0 N–H and O–H groups in total. The van der Waals surface area contributed by atoms with Crippen LogP contribution in [0.15, 0.2) is 12.1 Å². The fourth-order valence-corrected chi connectivity index (χ4v) is 1.54. The Morgan fingerprint density at radius 1 is 1.56 bits per heavy atom. The van der Waals surface area contributed by atoms with Crippen LogP contribution in [0.25, 0.3) is 0 Å². The van der Waals surface area contributed by atoms with E-state index in [4.69, 9.17) is 10.00 Å². The quantitative estimate of drug-likeness (QED) is 0.460. The molecule has 0 saturated carbocycles. The second-order valence-electron chi connectivity index (χ2n) is 3.65. The molecule has 1 aromatic rings. The predicted octanol–water partition coefficient (Wildman–Crippen LogP) is 1.88. The van der Waals surface area contributed by atoms with Crippen LogP contribution >= 0.6 is 0 Å². The highest BCUT2D eigenvalue weighted by Gasteiger charge is 2.17. The number of nitro benzene ring substituents is 1. The molecule has 0 spiro atoms. The minimum absolute atomic E-state index is 0.00630. The number of carbonyl (C=O) groups excluding carboxylic acids is 1. The van der Waals surface area contributed by atoms with Gasteiger partial charge in [0, 0.05) is 6.07 Å². The SMILES string of the molecule is CCOC(=O)Cc1cc(C#N)c([N+](=O)[O-])cc1C. The number of benzene rings is 1. The molecule has 18 heavy (non-hydrogen) atoms. The normalized spacial score (nSPS) is 9.61. The van der Waals surface area contributed by atoms with E-state index < -0.39 is 10.9 Å². The van der Waals surface area contributed by atoms with Gasteiger partial charge in [0.25, 0.3) is 5.69 Å². The summed E-state index contributed by atoms with van der Waals surface area (Å²) in [5.74, 6) is -0.418. The number of nitro groups is 1. The average Bonchev–Trinajstić information content (AvgIpc) is 2.31. The zero-order chi connectivity index (χ0) is 13.7. The molecule has 0 bridgehead atoms. The van der Waals surface area contributed by atoms with Gasteiger partial charge in [0.05, 0.1) is 18.0 Å². The van der Waals surface area contributed by atoms with Gasteiger partial charge in [0.15, 0.2) is 0 Å². The highest BCUT2D eigenvalue weighted by molar-refractivity contribution is 5.73. The number of nitriles is 1. The zero-order valence-corrected chi connectivity index (χ0v) is 10.1. The van der Waals surface area contributed by atoms with Gasteiger partial charge in [-0.05, 0) is 31.0 Å². The van der Waals surface area contributed by atoms with Gasteiger partial charge in [-0.3, -0.25) is 14.9 Å². The minimum atomic E-state index is -0.611. The summed E-state index contributed by atoms with van der Waals surface area (Å²) in [5.41, 5.74) is 0.858. The largest absolute Gasteiger partial charge is 0.466 e. The lowest BCUT2D eigenvalue weighted by Crippen LogP contribution is -2.09. The molecule has 0 aliphatic carbocycles. The fourth-order valence-electron chi connectivity index (χ4n) is 1.54. The third-order valence-corrected chi connectivity index (χ3v) is 2.41. The van der Waals surface area contributed by atoms with Crippen molar-refractivity contribution in [2.75, 3.05) is 6.61 Å². The summed E-state index contributed by atoms with van der Waals surface area (Å²) in [5, 5.41) is 19.6. The molecule has 1 rings (SSSR count). The van der Waals surface area contributed by atoms with Crippen molar-refractivity contribution in [1.29, 1.82) is 5.26 Å². The van der Waals surface area contributed by atoms with E-state index in [0.717, 1.165) is 0 Å². The molecular formula is C12H12N2O4. The predicted molar refractivity (Wildman–Crippen MR) is 62.9 cm³/mol. The van der Waals surface area contributed by atoms with E-state index in [2.05, 4.69) is 0 Å². The first-order valence-electron chi connectivity index (χ1n) is 5.33. The molecule has 0 unspecified atom stereocenters. The van der Waals surface area contributed by atoms with Crippen molar-refractivity contribution in [3.05, 3.63) is 38.9 Å². The van der Waals surface area contributed by atoms with E-state index in [1.807, 2.05) is 0 Å². The summed E-state index contributed by atoms with van der Waals surface area (Å²) in [6, 6.07) is 4.42. The average molecular weight is 248 g/mol. The highest BCUT2D eigenvalue weighted by Crippen LogP contribution is 2.23. The molecule has 0 aliphatic heterocycles. The molecule has 0 fully saturated rings. The molecule has 6 heteroatoms. The molecular weight excluding hydrogens is 236 g/mol. The highest BCUT2D eigenvalue weighted by atomic mass is 16.6. The van der Waals surface area contributed by atoms with Crippen molar-refractivity contribution in [1.82, 2.24) is 0 Å². The van der Waals surface area contributed by atoms with E-state index in [9.17, 15) is 14.9 Å². The molecule has 0 heterocycles. The third-order valence-electron chi connectivity index (χ3n) is 2.41. The smallest absolute Gasteiger partial charge is 0.310 e. The van der Waals surface area contributed by atoms with Gasteiger partial charge in [0.1, 0.15) is 11.6 Å². The first kappa shape index (κ1) is 13.6.